The third kappa shape index (κ3) is 7.04. The number of hydrogen-bond acceptors (Lipinski definition) is 5. The Kier molecular flexibility index (Phi) is 9.49. The number of amides is 1. The number of carbonyl (C=O) groups is 2. The summed E-state index contributed by atoms with van der Waals surface area (Å²) in [6, 6.07) is 19.8. The number of halogens is 3. The summed E-state index contributed by atoms with van der Waals surface area (Å²) in [6.07, 6.45) is 1.51. The molecule has 0 fully saturated rings. The highest BCUT2D eigenvalue weighted by molar-refractivity contribution is 14.1. The Hall–Kier alpha value is -2.43. The van der Waals surface area contributed by atoms with Crippen molar-refractivity contribution in [3.8, 4) is 11.8 Å². The number of nitriles is 1. The van der Waals surface area contributed by atoms with E-state index in [-0.39, 0.29) is 5.57 Å². The van der Waals surface area contributed by atoms with Gasteiger partial charge in [0.15, 0.2) is 0 Å². The second-order valence-electron chi connectivity index (χ2n) is 6.92. The molecule has 0 aromatic heterocycles. The summed E-state index contributed by atoms with van der Waals surface area (Å²) < 4.78 is 13.3. The molecule has 3 aromatic carbocycles. The number of hydrogen-bond donors (Lipinski definition) is 1. The molecule has 0 aliphatic rings. The quantitative estimate of drug-likeness (QED) is 0.128. The lowest BCUT2D eigenvalue weighted by Gasteiger charge is -2.12. The van der Waals surface area contributed by atoms with Crippen molar-refractivity contribution in [3.63, 3.8) is 0 Å². The standard InChI is InChI=1S/C25H17BrI2N2O4/c1-33-25(32)17-4-8-20(9-5-17)30-24(31)18(13-29)10-16-11-21(26)23(22(28)12-16)34-14-15-2-6-19(27)7-3-15/h2-12H,14H2,1H3,(H,30,31)/b18-10+. The third-order valence-corrected chi connectivity index (χ3v) is 6.67. The first-order chi connectivity index (χ1) is 16.3. The molecule has 0 atom stereocenters. The van der Waals surface area contributed by atoms with Crippen LogP contribution in [0.4, 0.5) is 5.69 Å². The molecule has 0 heterocycles. The van der Waals surface area contributed by atoms with Gasteiger partial charge >= 0.3 is 5.97 Å². The van der Waals surface area contributed by atoms with E-state index in [0.717, 1.165) is 12.7 Å². The van der Waals surface area contributed by atoms with E-state index in [1.54, 1.807) is 18.2 Å². The SMILES string of the molecule is COC(=O)c1ccc(NC(=O)/C(C#N)=C/c2cc(Br)c(OCc3ccc(I)cc3)c(I)c2)cc1. The maximum absolute atomic E-state index is 12.6. The van der Waals surface area contributed by atoms with Crippen molar-refractivity contribution in [2.75, 3.05) is 12.4 Å². The number of methoxy groups -OCH3 is 1. The minimum atomic E-state index is -0.557. The summed E-state index contributed by atoms with van der Waals surface area (Å²) in [5.74, 6) is -0.343. The van der Waals surface area contributed by atoms with Crippen molar-refractivity contribution in [2.45, 2.75) is 6.61 Å². The van der Waals surface area contributed by atoms with Crippen LogP contribution in [0.15, 0.2) is 70.7 Å². The fourth-order valence-corrected chi connectivity index (χ4v) is 4.99. The number of anilines is 1. The van der Waals surface area contributed by atoms with Gasteiger partial charge in [-0.15, -0.1) is 0 Å². The summed E-state index contributed by atoms with van der Waals surface area (Å²) in [7, 11) is 1.30. The highest BCUT2D eigenvalue weighted by atomic mass is 127. The van der Waals surface area contributed by atoms with Crippen LogP contribution in [0, 0.1) is 18.5 Å². The fourth-order valence-electron chi connectivity index (χ4n) is 2.86. The van der Waals surface area contributed by atoms with E-state index >= 15 is 0 Å². The van der Waals surface area contributed by atoms with Crippen molar-refractivity contribution < 1.29 is 19.1 Å². The number of rotatable bonds is 7. The molecular formula is C25H17BrI2N2O4. The van der Waals surface area contributed by atoms with Crippen LogP contribution in [0.2, 0.25) is 0 Å². The van der Waals surface area contributed by atoms with E-state index in [2.05, 4.69) is 71.2 Å². The topological polar surface area (TPSA) is 88.4 Å². The Morgan fingerprint density at radius 2 is 1.76 bits per heavy atom. The summed E-state index contributed by atoms with van der Waals surface area (Å²) in [5, 5.41) is 12.2. The van der Waals surface area contributed by atoms with Gasteiger partial charge in [-0.3, -0.25) is 4.79 Å². The molecule has 0 aliphatic heterocycles. The first-order valence-corrected chi connectivity index (χ1v) is 12.7. The van der Waals surface area contributed by atoms with Crippen LogP contribution in [0.1, 0.15) is 21.5 Å². The summed E-state index contributed by atoms with van der Waals surface area (Å²) >= 11 is 7.94. The highest BCUT2D eigenvalue weighted by Crippen LogP contribution is 2.33. The van der Waals surface area contributed by atoms with Crippen molar-refractivity contribution in [3.05, 3.63) is 94.5 Å². The molecule has 0 radical (unpaired) electrons. The Bertz CT molecular complexity index is 1260. The number of ether oxygens (including phenoxy) is 2. The monoisotopic (exact) mass is 742 g/mol. The third-order valence-electron chi connectivity index (χ3n) is 4.56. The predicted octanol–water partition coefficient (Wildman–Crippen LogP) is 6.57. The molecule has 3 rings (SSSR count). The normalized spacial score (nSPS) is 10.9. The van der Waals surface area contributed by atoms with E-state index in [1.165, 1.54) is 25.3 Å². The number of carbonyl (C=O) groups excluding carboxylic acids is 2. The molecule has 0 spiro atoms. The van der Waals surface area contributed by atoms with Crippen molar-refractivity contribution in [1.82, 2.24) is 0 Å². The molecule has 1 amide bonds. The lowest BCUT2D eigenvalue weighted by molar-refractivity contribution is -0.112. The lowest BCUT2D eigenvalue weighted by Crippen LogP contribution is -2.13. The fraction of sp³-hybridized carbons (Fsp3) is 0.0800. The van der Waals surface area contributed by atoms with Crippen LogP contribution >= 0.6 is 61.1 Å². The zero-order chi connectivity index (χ0) is 24.7. The van der Waals surface area contributed by atoms with Gasteiger partial charge in [-0.1, -0.05) is 12.1 Å². The van der Waals surface area contributed by atoms with E-state index in [0.29, 0.717) is 33.6 Å². The van der Waals surface area contributed by atoms with E-state index in [9.17, 15) is 14.9 Å². The number of nitrogens with one attached hydrogen (secondary N) is 1. The number of benzene rings is 3. The maximum atomic E-state index is 12.6. The molecule has 0 unspecified atom stereocenters. The van der Waals surface area contributed by atoms with Gasteiger partial charge in [-0.2, -0.15) is 5.26 Å². The van der Waals surface area contributed by atoms with E-state index in [1.807, 2.05) is 36.4 Å². The van der Waals surface area contributed by atoms with Crippen LogP contribution in [-0.4, -0.2) is 19.0 Å². The second kappa shape index (κ2) is 12.3. The Labute approximate surface area is 232 Å². The van der Waals surface area contributed by atoms with Gasteiger partial charge in [0.1, 0.15) is 24.0 Å². The molecule has 0 saturated heterocycles. The molecule has 0 saturated carbocycles. The van der Waals surface area contributed by atoms with Gasteiger partial charge in [-0.05, 0) is 127 Å². The van der Waals surface area contributed by atoms with Crippen molar-refractivity contribution in [2.24, 2.45) is 0 Å². The predicted molar refractivity (Wildman–Crippen MR) is 150 cm³/mol. The Balaban J connectivity index is 1.73. The van der Waals surface area contributed by atoms with E-state index < -0.39 is 11.9 Å². The van der Waals surface area contributed by atoms with Crippen LogP contribution in [-0.2, 0) is 16.1 Å². The molecule has 6 nitrogen and oxygen atoms in total. The van der Waals surface area contributed by atoms with Crippen LogP contribution in [0.5, 0.6) is 5.75 Å². The van der Waals surface area contributed by atoms with Gasteiger partial charge < -0.3 is 14.8 Å². The van der Waals surface area contributed by atoms with Crippen LogP contribution in [0.25, 0.3) is 6.08 Å². The Morgan fingerprint density at radius 1 is 1.09 bits per heavy atom. The van der Waals surface area contributed by atoms with Gasteiger partial charge in [-0.25, -0.2) is 4.79 Å². The van der Waals surface area contributed by atoms with Gasteiger partial charge in [0, 0.05) is 9.26 Å². The average molecular weight is 743 g/mol. The number of nitrogens with zero attached hydrogens (tertiary/aromatic N) is 1. The van der Waals surface area contributed by atoms with Crippen LogP contribution in [0.3, 0.4) is 0 Å². The van der Waals surface area contributed by atoms with E-state index in [4.69, 9.17) is 4.74 Å². The number of esters is 1. The van der Waals surface area contributed by atoms with Crippen molar-refractivity contribution >= 4 is 84.8 Å². The molecule has 172 valence electrons. The molecule has 0 bridgehead atoms. The minimum Gasteiger partial charge on any atom is -0.487 e. The van der Waals surface area contributed by atoms with Gasteiger partial charge in [0.2, 0.25) is 0 Å². The largest absolute Gasteiger partial charge is 0.487 e. The van der Waals surface area contributed by atoms with Gasteiger partial charge in [0.05, 0.1) is 20.7 Å². The summed E-state index contributed by atoms with van der Waals surface area (Å²) in [4.78, 5) is 24.1. The van der Waals surface area contributed by atoms with Gasteiger partial charge in [0.25, 0.3) is 5.91 Å². The molecular weight excluding hydrogens is 726 g/mol. The Morgan fingerprint density at radius 3 is 2.35 bits per heavy atom. The molecule has 34 heavy (non-hydrogen) atoms. The van der Waals surface area contributed by atoms with Crippen LogP contribution < -0.4 is 10.1 Å². The summed E-state index contributed by atoms with van der Waals surface area (Å²) in [6.45, 7) is 0.418. The smallest absolute Gasteiger partial charge is 0.337 e. The second-order valence-corrected chi connectivity index (χ2v) is 10.2. The zero-order valence-electron chi connectivity index (χ0n) is 17.8. The molecule has 1 N–H and O–H groups in total. The molecule has 9 heteroatoms. The zero-order valence-corrected chi connectivity index (χ0v) is 23.7. The first-order valence-electron chi connectivity index (χ1n) is 9.78. The first kappa shape index (κ1) is 26.2. The molecule has 3 aromatic rings. The average Bonchev–Trinajstić information content (AvgIpc) is 2.83. The molecule has 0 aliphatic carbocycles. The van der Waals surface area contributed by atoms with Crippen molar-refractivity contribution in [1.29, 1.82) is 5.26 Å². The lowest BCUT2D eigenvalue weighted by atomic mass is 10.1. The highest BCUT2D eigenvalue weighted by Gasteiger charge is 2.13. The maximum Gasteiger partial charge on any atom is 0.337 e. The minimum absolute atomic E-state index is 0.0627. The summed E-state index contributed by atoms with van der Waals surface area (Å²) in [5.41, 5.74) is 2.47.